The lowest BCUT2D eigenvalue weighted by atomic mass is 10.1. The molecule has 19 heavy (non-hydrogen) atoms. The van der Waals surface area contributed by atoms with Crippen LogP contribution in [0.4, 0.5) is 11.6 Å². The van der Waals surface area contributed by atoms with Crippen LogP contribution in [0, 0.1) is 0 Å². The Morgan fingerprint density at radius 3 is 2.26 bits per heavy atom. The fourth-order valence-electron chi connectivity index (χ4n) is 1.89. The molecule has 0 bridgehead atoms. The molecule has 5 heteroatoms. The summed E-state index contributed by atoms with van der Waals surface area (Å²) in [4.78, 5) is 8.68. The molecule has 0 fully saturated rings. The highest BCUT2D eigenvalue weighted by molar-refractivity contribution is 5.57. The summed E-state index contributed by atoms with van der Waals surface area (Å²) >= 11 is 0. The molecule has 0 radical (unpaired) electrons. The molecule has 1 aromatic heterocycles. The number of anilines is 2. The van der Waals surface area contributed by atoms with Crippen LogP contribution in [0.3, 0.4) is 0 Å². The average Bonchev–Trinajstić information content (AvgIpc) is 2.43. The second-order valence-corrected chi connectivity index (χ2v) is 4.58. The first-order chi connectivity index (χ1) is 9.33. The Labute approximate surface area is 115 Å². The summed E-state index contributed by atoms with van der Waals surface area (Å²) in [6.07, 6.45) is 6.49. The standard InChI is InChI=1S/C14H26N4O/c1-3-7-12-13(15-8-4-2)17-11-18-14(12)16-9-5-6-10-19/h11,19H,3-10H2,1-2H3,(H2,15,16,17,18). The van der Waals surface area contributed by atoms with Crippen molar-refractivity contribution in [2.24, 2.45) is 0 Å². The van der Waals surface area contributed by atoms with Crippen LogP contribution in [-0.4, -0.2) is 34.8 Å². The van der Waals surface area contributed by atoms with Crippen molar-refractivity contribution in [3.05, 3.63) is 11.9 Å². The Morgan fingerprint density at radius 2 is 1.68 bits per heavy atom. The van der Waals surface area contributed by atoms with Crippen molar-refractivity contribution in [3.8, 4) is 0 Å². The Hall–Kier alpha value is -1.36. The van der Waals surface area contributed by atoms with E-state index in [1.807, 2.05) is 0 Å². The van der Waals surface area contributed by atoms with Gasteiger partial charge in [-0.25, -0.2) is 9.97 Å². The Morgan fingerprint density at radius 1 is 1.00 bits per heavy atom. The van der Waals surface area contributed by atoms with Crippen LogP contribution in [0.5, 0.6) is 0 Å². The van der Waals surface area contributed by atoms with Gasteiger partial charge in [-0.3, -0.25) is 0 Å². The highest BCUT2D eigenvalue weighted by atomic mass is 16.2. The smallest absolute Gasteiger partial charge is 0.134 e. The first kappa shape index (κ1) is 15.7. The summed E-state index contributed by atoms with van der Waals surface area (Å²) in [5.74, 6) is 1.87. The van der Waals surface area contributed by atoms with Crippen molar-refractivity contribution in [1.82, 2.24) is 9.97 Å². The van der Waals surface area contributed by atoms with Crippen LogP contribution in [0.1, 0.15) is 45.1 Å². The maximum atomic E-state index is 8.78. The fraction of sp³-hybridized carbons (Fsp3) is 0.714. The molecular formula is C14H26N4O. The van der Waals surface area contributed by atoms with E-state index in [1.54, 1.807) is 6.33 Å². The molecule has 3 N–H and O–H groups in total. The maximum absolute atomic E-state index is 8.78. The van der Waals surface area contributed by atoms with Gasteiger partial charge in [-0.15, -0.1) is 0 Å². The predicted molar refractivity (Wildman–Crippen MR) is 79.6 cm³/mol. The number of aliphatic hydroxyl groups excluding tert-OH is 1. The van der Waals surface area contributed by atoms with Crippen LogP contribution in [0.15, 0.2) is 6.33 Å². The minimum atomic E-state index is 0.247. The minimum absolute atomic E-state index is 0.247. The monoisotopic (exact) mass is 266 g/mol. The quantitative estimate of drug-likeness (QED) is 0.567. The maximum Gasteiger partial charge on any atom is 0.134 e. The first-order valence-corrected chi connectivity index (χ1v) is 7.25. The molecular weight excluding hydrogens is 240 g/mol. The Kier molecular flexibility index (Phi) is 7.89. The number of nitrogens with one attached hydrogen (secondary N) is 2. The highest BCUT2D eigenvalue weighted by Gasteiger charge is 2.09. The zero-order chi connectivity index (χ0) is 13.9. The molecule has 0 saturated carbocycles. The second kappa shape index (κ2) is 9.55. The van der Waals surface area contributed by atoms with Crippen molar-refractivity contribution in [1.29, 1.82) is 0 Å². The summed E-state index contributed by atoms with van der Waals surface area (Å²) in [6.45, 7) is 6.31. The Balaban J connectivity index is 2.71. The van der Waals surface area contributed by atoms with E-state index < -0.39 is 0 Å². The Bertz CT molecular complexity index is 357. The van der Waals surface area contributed by atoms with Gasteiger partial charge in [0.25, 0.3) is 0 Å². The van der Waals surface area contributed by atoms with Gasteiger partial charge in [0.05, 0.1) is 0 Å². The van der Waals surface area contributed by atoms with Crippen LogP contribution in [0.25, 0.3) is 0 Å². The van der Waals surface area contributed by atoms with Gasteiger partial charge in [0, 0.05) is 25.3 Å². The summed E-state index contributed by atoms with van der Waals surface area (Å²) in [5.41, 5.74) is 1.17. The number of rotatable bonds is 10. The molecule has 1 rings (SSSR count). The first-order valence-electron chi connectivity index (χ1n) is 7.25. The van der Waals surface area contributed by atoms with Crippen LogP contribution in [0.2, 0.25) is 0 Å². The molecule has 0 aromatic carbocycles. The minimum Gasteiger partial charge on any atom is -0.396 e. The lowest BCUT2D eigenvalue weighted by molar-refractivity contribution is 0.286. The molecule has 0 spiro atoms. The van der Waals surface area contributed by atoms with E-state index in [1.165, 1.54) is 5.56 Å². The van der Waals surface area contributed by atoms with E-state index >= 15 is 0 Å². The zero-order valence-corrected chi connectivity index (χ0v) is 12.1. The van der Waals surface area contributed by atoms with Gasteiger partial charge in [0.2, 0.25) is 0 Å². The van der Waals surface area contributed by atoms with Crippen molar-refractivity contribution < 1.29 is 5.11 Å². The van der Waals surface area contributed by atoms with E-state index in [-0.39, 0.29) is 6.61 Å². The number of hydrogen-bond acceptors (Lipinski definition) is 5. The molecule has 0 amide bonds. The summed E-state index contributed by atoms with van der Waals surface area (Å²) in [6, 6.07) is 0. The van der Waals surface area contributed by atoms with Gasteiger partial charge in [-0.05, 0) is 25.7 Å². The van der Waals surface area contributed by atoms with Crippen LogP contribution in [-0.2, 0) is 6.42 Å². The molecule has 0 aliphatic carbocycles. The number of aliphatic hydroxyl groups is 1. The molecule has 1 heterocycles. The predicted octanol–water partition coefficient (Wildman–Crippen LogP) is 2.44. The summed E-state index contributed by atoms with van der Waals surface area (Å²) in [5, 5.41) is 15.5. The molecule has 108 valence electrons. The average molecular weight is 266 g/mol. The number of aromatic nitrogens is 2. The third-order valence-electron chi connectivity index (χ3n) is 2.87. The van der Waals surface area contributed by atoms with E-state index in [0.29, 0.717) is 0 Å². The van der Waals surface area contributed by atoms with Gasteiger partial charge in [-0.1, -0.05) is 20.3 Å². The fourth-order valence-corrected chi connectivity index (χ4v) is 1.89. The number of nitrogens with zero attached hydrogens (tertiary/aromatic N) is 2. The second-order valence-electron chi connectivity index (χ2n) is 4.58. The van der Waals surface area contributed by atoms with Crippen molar-refractivity contribution in [3.63, 3.8) is 0 Å². The SMILES string of the molecule is CCCNc1ncnc(NCCCCO)c1CCC. The normalized spacial score (nSPS) is 10.5. The number of hydrogen-bond donors (Lipinski definition) is 3. The molecule has 5 nitrogen and oxygen atoms in total. The van der Waals surface area contributed by atoms with Crippen molar-refractivity contribution >= 4 is 11.6 Å². The molecule has 0 atom stereocenters. The molecule has 0 aliphatic rings. The van der Waals surface area contributed by atoms with E-state index in [9.17, 15) is 0 Å². The lowest BCUT2D eigenvalue weighted by Crippen LogP contribution is -2.12. The van der Waals surface area contributed by atoms with Crippen LogP contribution >= 0.6 is 0 Å². The third-order valence-corrected chi connectivity index (χ3v) is 2.87. The van der Waals surface area contributed by atoms with Gasteiger partial charge in [0.1, 0.15) is 18.0 Å². The van der Waals surface area contributed by atoms with Gasteiger partial charge in [-0.2, -0.15) is 0 Å². The van der Waals surface area contributed by atoms with E-state index in [2.05, 4.69) is 34.4 Å². The van der Waals surface area contributed by atoms with Crippen LogP contribution < -0.4 is 10.6 Å². The van der Waals surface area contributed by atoms with Gasteiger partial charge in [0.15, 0.2) is 0 Å². The van der Waals surface area contributed by atoms with Crippen molar-refractivity contribution in [2.45, 2.75) is 46.0 Å². The third kappa shape index (κ3) is 5.42. The largest absolute Gasteiger partial charge is 0.396 e. The topological polar surface area (TPSA) is 70.1 Å². The van der Waals surface area contributed by atoms with Gasteiger partial charge < -0.3 is 15.7 Å². The molecule has 0 unspecified atom stereocenters. The molecule has 0 saturated heterocycles. The highest BCUT2D eigenvalue weighted by Crippen LogP contribution is 2.21. The number of unbranched alkanes of at least 4 members (excludes halogenated alkanes) is 1. The molecule has 1 aromatic rings. The zero-order valence-electron chi connectivity index (χ0n) is 12.1. The van der Waals surface area contributed by atoms with Crippen molar-refractivity contribution in [2.75, 3.05) is 30.3 Å². The summed E-state index contributed by atoms with van der Waals surface area (Å²) in [7, 11) is 0. The van der Waals surface area contributed by atoms with E-state index in [4.69, 9.17) is 5.11 Å². The molecule has 0 aliphatic heterocycles. The summed E-state index contributed by atoms with van der Waals surface area (Å²) < 4.78 is 0. The van der Waals surface area contributed by atoms with Gasteiger partial charge >= 0.3 is 0 Å². The lowest BCUT2D eigenvalue weighted by Gasteiger charge is -2.14. The van der Waals surface area contributed by atoms with E-state index in [0.717, 1.165) is 56.8 Å².